The minimum Gasteiger partial charge on any atom is -0.548 e. The summed E-state index contributed by atoms with van der Waals surface area (Å²) in [4.78, 5) is 14.9. The molecule has 3 rings (SSSR count). The smallest absolute Gasteiger partial charge is 0.548 e. The van der Waals surface area contributed by atoms with E-state index in [0.29, 0.717) is 13.1 Å². The summed E-state index contributed by atoms with van der Waals surface area (Å²) in [6.07, 6.45) is 0. The Bertz CT molecular complexity index is 645. The van der Waals surface area contributed by atoms with Crippen molar-refractivity contribution in [2.24, 2.45) is 5.10 Å². The standard InChI is InChI=1S/C16H20N4O2.Na/c1-12-14(10-20(17-12)13-6-4-3-5-7-13)16-18(2)8-9-19(16)11-15(21)22;/h3-7H,8-11H2,1-2H3,(H,21,22);/q;+1/p-1/b16-14+;. The second-order valence-corrected chi connectivity index (χ2v) is 5.60. The second-order valence-electron chi connectivity index (χ2n) is 5.60. The van der Waals surface area contributed by atoms with Crippen molar-refractivity contribution in [2.75, 3.05) is 38.2 Å². The van der Waals surface area contributed by atoms with Gasteiger partial charge in [-0.05, 0) is 19.1 Å². The van der Waals surface area contributed by atoms with E-state index in [1.165, 1.54) is 0 Å². The Hall–Kier alpha value is -1.50. The Morgan fingerprint density at radius 3 is 2.61 bits per heavy atom. The van der Waals surface area contributed by atoms with Crippen LogP contribution in [0.1, 0.15) is 6.92 Å². The summed E-state index contributed by atoms with van der Waals surface area (Å²) in [5, 5.41) is 17.5. The molecule has 0 spiro atoms. The van der Waals surface area contributed by atoms with E-state index in [1.807, 2.05) is 54.2 Å². The van der Waals surface area contributed by atoms with E-state index >= 15 is 0 Å². The van der Waals surface area contributed by atoms with Gasteiger partial charge in [-0.25, -0.2) is 0 Å². The largest absolute Gasteiger partial charge is 1.00 e. The first-order valence-corrected chi connectivity index (χ1v) is 7.33. The van der Waals surface area contributed by atoms with Gasteiger partial charge in [0.05, 0.1) is 30.5 Å². The minimum absolute atomic E-state index is 0. The van der Waals surface area contributed by atoms with Gasteiger partial charge in [-0.3, -0.25) is 5.01 Å². The molecule has 0 N–H and O–H groups in total. The van der Waals surface area contributed by atoms with Gasteiger partial charge in [0.15, 0.2) is 0 Å². The van der Waals surface area contributed by atoms with Crippen molar-refractivity contribution < 1.29 is 39.5 Å². The fraction of sp³-hybridized carbons (Fsp3) is 0.375. The zero-order valence-electron chi connectivity index (χ0n) is 13.8. The predicted molar refractivity (Wildman–Crippen MR) is 83.1 cm³/mol. The molecule has 2 heterocycles. The summed E-state index contributed by atoms with van der Waals surface area (Å²) in [6, 6.07) is 9.97. The van der Waals surface area contributed by atoms with Gasteiger partial charge in [0.1, 0.15) is 5.82 Å². The van der Waals surface area contributed by atoms with Crippen LogP contribution in [0.25, 0.3) is 0 Å². The van der Waals surface area contributed by atoms with E-state index in [1.54, 1.807) is 0 Å². The third-order valence-corrected chi connectivity index (χ3v) is 4.03. The summed E-state index contributed by atoms with van der Waals surface area (Å²) < 4.78 is 0. The number of hydrogen-bond donors (Lipinski definition) is 0. The van der Waals surface area contributed by atoms with Crippen LogP contribution in [0.3, 0.4) is 0 Å². The molecular formula is C16H19N4NaO2. The van der Waals surface area contributed by atoms with Gasteiger partial charge in [0.25, 0.3) is 0 Å². The van der Waals surface area contributed by atoms with Crippen LogP contribution in [0.4, 0.5) is 5.69 Å². The molecular weight excluding hydrogens is 303 g/mol. The number of rotatable bonds is 3. The number of carbonyl (C=O) groups is 1. The van der Waals surface area contributed by atoms with Crippen LogP contribution in [0.5, 0.6) is 0 Å². The molecule has 2 aliphatic rings. The minimum atomic E-state index is -1.05. The summed E-state index contributed by atoms with van der Waals surface area (Å²) in [7, 11) is 1.98. The Morgan fingerprint density at radius 1 is 1.26 bits per heavy atom. The number of para-hydroxylation sites is 1. The number of hydrogen-bond acceptors (Lipinski definition) is 6. The van der Waals surface area contributed by atoms with Gasteiger partial charge in [-0.1, -0.05) is 18.2 Å². The van der Waals surface area contributed by atoms with Crippen molar-refractivity contribution in [1.82, 2.24) is 9.80 Å². The molecule has 0 atom stereocenters. The fourth-order valence-corrected chi connectivity index (χ4v) is 2.98. The molecule has 2 aliphatic heterocycles. The molecule has 0 unspecified atom stereocenters. The maximum absolute atomic E-state index is 11.0. The normalized spacial score (nSPS) is 20.6. The van der Waals surface area contributed by atoms with Crippen molar-refractivity contribution in [2.45, 2.75) is 6.92 Å². The van der Waals surface area contributed by atoms with E-state index in [0.717, 1.165) is 29.3 Å². The maximum Gasteiger partial charge on any atom is 1.00 e. The second kappa shape index (κ2) is 7.38. The van der Waals surface area contributed by atoms with Gasteiger partial charge in [-0.15, -0.1) is 0 Å². The Morgan fingerprint density at radius 2 is 1.96 bits per heavy atom. The van der Waals surface area contributed by atoms with Gasteiger partial charge in [-0.2, -0.15) is 5.10 Å². The zero-order chi connectivity index (χ0) is 15.7. The van der Waals surface area contributed by atoms with Crippen molar-refractivity contribution in [1.29, 1.82) is 0 Å². The van der Waals surface area contributed by atoms with Crippen LogP contribution in [-0.4, -0.2) is 54.7 Å². The van der Waals surface area contributed by atoms with Gasteiger partial charge in [0, 0.05) is 25.7 Å². The third-order valence-electron chi connectivity index (χ3n) is 4.03. The molecule has 116 valence electrons. The van der Waals surface area contributed by atoms with E-state index in [4.69, 9.17) is 0 Å². The average Bonchev–Trinajstić information content (AvgIpc) is 3.03. The quantitative estimate of drug-likeness (QED) is 0.559. The first kappa shape index (κ1) is 17.8. The topological polar surface area (TPSA) is 62.2 Å². The number of carbonyl (C=O) groups excluding carboxylic acids is 1. The van der Waals surface area contributed by atoms with Crippen molar-refractivity contribution >= 4 is 17.4 Å². The first-order valence-electron chi connectivity index (χ1n) is 7.33. The van der Waals surface area contributed by atoms with E-state index < -0.39 is 5.97 Å². The van der Waals surface area contributed by atoms with E-state index in [9.17, 15) is 9.90 Å². The van der Waals surface area contributed by atoms with Crippen molar-refractivity contribution in [3.8, 4) is 0 Å². The molecule has 1 fully saturated rings. The first-order chi connectivity index (χ1) is 10.6. The number of likely N-dealkylation sites (N-methyl/N-ethyl adjacent to an activating group) is 1. The molecule has 0 radical (unpaired) electrons. The van der Waals surface area contributed by atoms with Crippen LogP contribution in [0.2, 0.25) is 0 Å². The Labute approximate surface area is 158 Å². The van der Waals surface area contributed by atoms with Gasteiger partial charge >= 0.3 is 29.6 Å². The van der Waals surface area contributed by atoms with E-state index in [-0.39, 0.29) is 36.1 Å². The SMILES string of the molecule is CC1=NN(c2ccccc2)C/C1=C1/N(C)CCN1CC(=O)[O-].[Na+]. The number of carboxylic acids is 1. The molecule has 23 heavy (non-hydrogen) atoms. The predicted octanol–water partition coefficient (Wildman–Crippen LogP) is -2.90. The Balaban J connectivity index is 0.00000192. The van der Waals surface area contributed by atoms with Crippen LogP contribution >= 0.6 is 0 Å². The monoisotopic (exact) mass is 322 g/mol. The summed E-state index contributed by atoms with van der Waals surface area (Å²) >= 11 is 0. The van der Waals surface area contributed by atoms with E-state index in [2.05, 4.69) is 10.0 Å². The summed E-state index contributed by atoms with van der Waals surface area (Å²) in [5.74, 6) is -0.107. The maximum atomic E-state index is 11.0. The van der Waals surface area contributed by atoms with Crippen molar-refractivity contribution in [3.63, 3.8) is 0 Å². The number of hydrazone groups is 1. The molecule has 0 saturated carbocycles. The molecule has 0 aliphatic carbocycles. The fourth-order valence-electron chi connectivity index (χ4n) is 2.98. The van der Waals surface area contributed by atoms with Gasteiger partial charge < -0.3 is 19.7 Å². The molecule has 7 heteroatoms. The number of aliphatic carboxylic acids is 1. The Kier molecular flexibility index (Phi) is 5.73. The zero-order valence-corrected chi connectivity index (χ0v) is 15.8. The molecule has 0 aromatic heterocycles. The third kappa shape index (κ3) is 3.71. The molecule has 1 aromatic carbocycles. The average molecular weight is 322 g/mol. The number of nitrogens with zero attached hydrogens (tertiary/aromatic N) is 4. The molecule has 6 nitrogen and oxygen atoms in total. The molecule has 1 aromatic rings. The number of carboxylic acid groups (broad SMARTS) is 1. The van der Waals surface area contributed by atoms with Gasteiger partial charge in [0.2, 0.25) is 0 Å². The number of anilines is 1. The summed E-state index contributed by atoms with van der Waals surface area (Å²) in [5.41, 5.74) is 3.03. The summed E-state index contributed by atoms with van der Waals surface area (Å²) in [6.45, 7) is 4.04. The molecule has 1 saturated heterocycles. The van der Waals surface area contributed by atoms with Crippen LogP contribution < -0.4 is 39.7 Å². The number of benzene rings is 1. The molecule has 0 bridgehead atoms. The molecule has 0 amide bonds. The van der Waals surface area contributed by atoms with Crippen molar-refractivity contribution in [3.05, 3.63) is 41.7 Å². The van der Waals surface area contributed by atoms with Crippen LogP contribution in [0.15, 0.2) is 46.8 Å². The van der Waals surface area contributed by atoms with Crippen LogP contribution in [0, 0.1) is 0 Å². The van der Waals surface area contributed by atoms with Crippen LogP contribution in [-0.2, 0) is 4.79 Å².